The van der Waals surface area contributed by atoms with E-state index in [1.54, 1.807) is 12.1 Å². The largest absolute Gasteiger partial charge is 0.477 e. The first-order valence-electron chi connectivity index (χ1n) is 7.76. The molecule has 6 nitrogen and oxygen atoms in total. The van der Waals surface area contributed by atoms with Gasteiger partial charge in [-0.2, -0.15) is 0 Å². The molecule has 124 valence electrons. The van der Waals surface area contributed by atoms with Crippen molar-refractivity contribution in [3.63, 3.8) is 0 Å². The second-order valence-corrected chi connectivity index (χ2v) is 5.70. The first-order chi connectivity index (χ1) is 11.1. The average Bonchev–Trinajstić information content (AvgIpc) is 2.95. The zero-order valence-electron chi connectivity index (χ0n) is 13.6. The molecule has 0 saturated carbocycles. The summed E-state index contributed by atoms with van der Waals surface area (Å²) in [5, 5.41) is 16.4. The van der Waals surface area contributed by atoms with Gasteiger partial charge in [-0.15, -0.1) is 0 Å². The Bertz CT molecular complexity index is 623. The number of carboxylic acid groups (broad SMARTS) is 1. The van der Waals surface area contributed by atoms with E-state index in [1.807, 2.05) is 18.2 Å². The van der Waals surface area contributed by atoms with Gasteiger partial charge in [0.05, 0.1) is 0 Å². The van der Waals surface area contributed by atoms with Crippen LogP contribution in [0.5, 0.6) is 0 Å². The Morgan fingerprint density at radius 3 is 2.61 bits per heavy atom. The highest BCUT2D eigenvalue weighted by atomic mass is 16.5. The summed E-state index contributed by atoms with van der Waals surface area (Å²) in [5.41, 5.74) is 0.793. The highest BCUT2D eigenvalue weighted by Crippen LogP contribution is 2.29. The highest BCUT2D eigenvalue weighted by Gasteiger charge is 2.23. The Balaban J connectivity index is 1.97. The van der Waals surface area contributed by atoms with Crippen molar-refractivity contribution in [1.82, 2.24) is 10.1 Å². The molecule has 1 heterocycles. The molecule has 1 aromatic carbocycles. The summed E-state index contributed by atoms with van der Waals surface area (Å²) in [6.45, 7) is 1.73. The molecule has 0 atom stereocenters. The number of anilines is 1. The number of benzene rings is 1. The summed E-state index contributed by atoms with van der Waals surface area (Å²) in [5.74, 6) is -0.461. The van der Waals surface area contributed by atoms with E-state index < -0.39 is 5.97 Å². The number of hydrogen-bond acceptors (Lipinski definition) is 5. The average molecular weight is 317 g/mol. The molecule has 0 bridgehead atoms. The molecule has 0 amide bonds. The molecule has 0 aliphatic rings. The van der Waals surface area contributed by atoms with Crippen LogP contribution in [-0.2, 0) is 0 Å². The van der Waals surface area contributed by atoms with Gasteiger partial charge in [-0.1, -0.05) is 41.9 Å². The lowest BCUT2D eigenvalue weighted by Gasteiger charge is -2.09. The minimum atomic E-state index is -1.04. The van der Waals surface area contributed by atoms with Gasteiger partial charge in [0.1, 0.15) is 0 Å². The fraction of sp³-hybridized carbons (Fsp3) is 0.412. The lowest BCUT2D eigenvalue weighted by Crippen LogP contribution is -2.13. The molecule has 0 radical (unpaired) electrons. The molecule has 0 aliphatic carbocycles. The van der Waals surface area contributed by atoms with Gasteiger partial charge in [-0.25, -0.2) is 4.79 Å². The van der Waals surface area contributed by atoms with Crippen LogP contribution in [-0.4, -0.2) is 48.3 Å². The van der Waals surface area contributed by atoms with E-state index in [2.05, 4.69) is 29.5 Å². The Kier molecular flexibility index (Phi) is 6.17. The Morgan fingerprint density at radius 1 is 1.22 bits per heavy atom. The maximum absolute atomic E-state index is 11.5. The van der Waals surface area contributed by atoms with Crippen molar-refractivity contribution >= 4 is 11.8 Å². The van der Waals surface area contributed by atoms with Crippen LogP contribution in [0.1, 0.15) is 29.6 Å². The molecule has 0 fully saturated rings. The molecule has 2 rings (SSSR count). The fourth-order valence-electron chi connectivity index (χ4n) is 2.33. The first kappa shape index (κ1) is 17.0. The van der Waals surface area contributed by atoms with E-state index in [9.17, 15) is 9.90 Å². The Hall–Kier alpha value is -2.34. The summed E-state index contributed by atoms with van der Waals surface area (Å²) in [7, 11) is 4.11. The molecule has 2 N–H and O–H groups in total. The fourth-order valence-corrected chi connectivity index (χ4v) is 2.33. The standard InChI is InChI=1S/C17H23N3O3/c1-20(2)12-8-4-7-11-18-16-14(17(21)22)15(23-19-16)13-9-5-3-6-10-13/h3,5-6,9-10H,4,7-8,11-12H2,1-2H3,(H,18,19)(H,21,22). The number of carboxylic acids is 1. The predicted molar refractivity (Wildman–Crippen MR) is 89.8 cm³/mol. The summed E-state index contributed by atoms with van der Waals surface area (Å²) in [4.78, 5) is 13.7. The van der Waals surface area contributed by atoms with Crippen LogP contribution >= 0.6 is 0 Å². The monoisotopic (exact) mass is 317 g/mol. The normalized spacial score (nSPS) is 10.9. The van der Waals surface area contributed by atoms with E-state index in [0.29, 0.717) is 17.9 Å². The van der Waals surface area contributed by atoms with Gasteiger partial charge >= 0.3 is 5.97 Å². The molecule has 6 heteroatoms. The van der Waals surface area contributed by atoms with Gasteiger partial charge in [0.2, 0.25) is 0 Å². The van der Waals surface area contributed by atoms with Crippen LogP contribution < -0.4 is 5.32 Å². The summed E-state index contributed by atoms with van der Waals surface area (Å²) >= 11 is 0. The maximum atomic E-state index is 11.5. The number of aromatic carboxylic acids is 1. The van der Waals surface area contributed by atoms with Crippen molar-refractivity contribution in [2.75, 3.05) is 32.5 Å². The number of nitrogens with one attached hydrogen (secondary N) is 1. The summed E-state index contributed by atoms with van der Waals surface area (Å²) < 4.78 is 5.25. The summed E-state index contributed by atoms with van der Waals surface area (Å²) in [6, 6.07) is 9.14. The van der Waals surface area contributed by atoms with Crippen molar-refractivity contribution in [1.29, 1.82) is 0 Å². The van der Waals surface area contributed by atoms with E-state index >= 15 is 0 Å². The van der Waals surface area contributed by atoms with E-state index in [4.69, 9.17) is 4.52 Å². The van der Waals surface area contributed by atoms with Crippen molar-refractivity contribution in [2.45, 2.75) is 19.3 Å². The number of unbranched alkanes of at least 4 members (excludes halogenated alkanes) is 2. The quantitative estimate of drug-likeness (QED) is 0.692. The van der Waals surface area contributed by atoms with Gasteiger partial charge in [0.15, 0.2) is 17.1 Å². The molecule has 2 aromatic rings. The lowest BCUT2D eigenvalue weighted by molar-refractivity contribution is 0.0698. The molecule has 0 unspecified atom stereocenters. The number of rotatable bonds is 9. The number of nitrogens with zero attached hydrogens (tertiary/aromatic N) is 2. The highest BCUT2D eigenvalue weighted by molar-refractivity contribution is 5.99. The first-order valence-corrected chi connectivity index (χ1v) is 7.76. The molecular formula is C17H23N3O3. The number of carbonyl (C=O) groups is 1. The van der Waals surface area contributed by atoms with Gasteiger partial charge in [-0.3, -0.25) is 0 Å². The topological polar surface area (TPSA) is 78.6 Å². The van der Waals surface area contributed by atoms with Gasteiger partial charge < -0.3 is 19.8 Å². The zero-order valence-corrected chi connectivity index (χ0v) is 13.6. The number of aromatic nitrogens is 1. The second kappa shape index (κ2) is 8.33. The van der Waals surface area contributed by atoms with Gasteiger partial charge in [0.25, 0.3) is 0 Å². The minimum absolute atomic E-state index is 0.0875. The van der Waals surface area contributed by atoms with Crippen LogP contribution in [0.25, 0.3) is 11.3 Å². The number of hydrogen-bond donors (Lipinski definition) is 2. The van der Waals surface area contributed by atoms with E-state index in [0.717, 1.165) is 25.8 Å². The molecule has 0 aliphatic heterocycles. The van der Waals surface area contributed by atoms with Gasteiger partial charge in [-0.05, 0) is 33.5 Å². The maximum Gasteiger partial charge on any atom is 0.343 e. The van der Waals surface area contributed by atoms with Crippen LogP contribution in [0.2, 0.25) is 0 Å². The Labute approximate surface area is 136 Å². The van der Waals surface area contributed by atoms with E-state index in [-0.39, 0.29) is 11.3 Å². The summed E-state index contributed by atoms with van der Waals surface area (Å²) in [6.07, 6.45) is 3.16. The molecule has 23 heavy (non-hydrogen) atoms. The third-order valence-corrected chi connectivity index (χ3v) is 3.52. The molecular weight excluding hydrogens is 294 g/mol. The predicted octanol–water partition coefficient (Wildman–Crippen LogP) is 3.18. The van der Waals surface area contributed by atoms with Crippen molar-refractivity contribution in [3.05, 3.63) is 35.9 Å². The molecule has 0 spiro atoms. The zero-order chi connectivity index (χ0) is 16.7. The third kappa shape index (κ3) is 4.82. The third-order valence-electron chi connectivity index (χ3n) is 3.52. The van der Waals surface area contributed by atoms with Crippen molar-refractivity contribution in [3.8, 4) is 11.3 Å². The molecule has 0 saturated heterocycles. The lowest BCUT2D eigenvalue weighted by atomic mass is 10.1. The minimum Gasteiger partial charge on any atom is -0.477 e. The van der Waals surface area contributed by atoms with Crippen molar-refractivity contribution in [2.24, 2.45) is 0 Å². The second-order valence-electron chi connectivity index (χ2n) is 5.70. The SMILES string of the molecule is CN(C)CCCCCNc1noc(-c2ccccc2)c1C(=O)O. The Morgan fingerprint density at radius 2 is 1.96 bits per heavy atom. The molecule has 1 aromatic heterocycles. The van der Waals surface area contributed by atoms with Crippen LogP contribution in [0.4, 0.5) is 5.82 Å². The van der Waals surface area contributed by atoms with Crippen LogP contribution in [0, 0.1) is 0 Å². The van der Waals surface area contributed by atoms with Crippen molar-refractivity contribution < 1.29 is 14.4 Å². The van der Waals surface area contributed by atoms with E-state index in [1.165, 1.54) is 0 Å². The van der Waals surface area contributed by atoms with Crippen LogP contribution in [0.3, 0.4) is 0 Å². The smallest absolute Gasteiger partial charge is 0.343 e. The van der Waals surface area contributed by atoms with Crippen LogP contribution in [0.15, 0.2) is 34.9 Å². The van der Waals surface area contributed by atoms with Gasteiger partial charge in [0, 0.05) is 12.1 Å².